The Hall–Kier alpha value is -1.30. The SMILES string of the molecule is Cc1cccc2cccc-2c1C(C)(C)C. The Balaban J connectivity index is 2.80. The number of rotatable bonds is 0. The van der Waals surface area contributed by atoms with Gasteiger partial charge in [0, 0.05) is 0 Å². The van der Waals surface area contributed by atoms with Crippen LogP contribution in [0.3, 0.4) is 0 Å². The van der Waals surface area contributed by atoms with Crippen LogP contribution in [0.2, 0.25) is 0 Å². The molecule has 0 bridgehead atoms. The van der Waals surface area contributed by atoms with Gasteiger partial charge in [0.1, 0.15) is 0 Å². The molecule has 2 aliphatic rings. The first-order chi connectivity index (χ1) is 7.00. The fourth-order valence-electron chi connectivity index (χ4n) is 2.39. The summed E-state index contributed by atoms with van der Waals surface area (Å²) in [6.07, 6.45) is 0. The lowest BCUT2D eigenvalue weighted by molar-refractivity contribution is 0.589. The molecule has 0 aliphatic heterocycles. The van der Waals surface area contributed by atoms with Crippen LogP contribution in [-0.4, -0.2) is 0 Å². The lowest BCUT2D eigenvalue weighted by Gasteiger charge is -2.23. The van der Waals surface area contributed by atoms with Gasteiger partial charge in [-0.1, -0.05) is 57.2 Å². The number of hydrogen-bond acceptors (Lipinski definition) is 0. The maximum absolute atomic E-state index is 2.28. The highest BCUT2D eigenvalue weighted by atomic mass is 14.2. The predicted octanol–water partition coefficient (Wildman–Crippen LogP) is 4.40. The third kappa shape index (κ3) is 1.77. The van der Waals surface area contributed by atoms with Crippen LogP contribution in [0.1, 0.15) is 31.9 Å². The molecule has 0 atom stereocenters. The van der Waals surface area contributed by atoms with Gasteiger partial charge in [-0.05, 0) is 34.6 Å². The maximum atomic E-state index is 2.28. The molecule has 0 unspecified atom stereocenters. The van der Waals surface area contributed by atoms with E-state index in [2.05, 4.69) is 64.1 Å². The van der Waals surface area contributed by atoms with Gasteiger partial charge in [-0.2, -0.15) is 0 Å². The first kappa shape index (κ1) is 10.2. The van der Waals surface area contributed by atoms with Crippen LogP contribution in [0.25, 0.3) is 11.1 Å². The standard InChI is InChI=1S/C15H18/c1-11-7-5-8-12-9-6-10-13(12)14(11)15(2,3)4/h5-10H,1-4H3. The smallest absolute Gasteiger partial charge is 0.0123 e. The Morgan fingerprint density at radius 1 is 0.867 bits per heavy atom. The van der Waals surface area contributed by atoms with Crippen LogP contribution in [0.5, 0.6) is 0 Å². The van der Waals surface area contributed by atoms with Gasteiger partial charge >= 0.3 is 0 Å². The van der Waals surface area contributed by atoms with Crippen LogP contribution in [0.15, 0.2) is 36.4 Å². The summed E-state index contributed by atoms with van der Waals surface area (Å²) in [5.74, 6) is 0. The van der Waals surface area contributed by atoms with Crippen molar-refractivity contribution >= 4 is 0 Å². The van der Waals surface area contributed by atoms with Gasteiger partial charge in [0.05, 0.1) is 0 Å². The van der Waals surface area contributed by atoms with Gasteiger partial charge in [-0.15, -0.1) is 0 Å². The lowest BCUT2D eigenvalue weighted by Crippen LogP contribution is -2.13. The topological polar surface area (TPSA) is 0 Å². The minimum atomic E-state index is 0.204. The van der Waals surface area contributed by atoms with E-state index in [1.807, 2.05) is 0 Å². The Morgan fingerprint density at radius 3 is 2.07 bits per heavy atom. The molecule has 0 heteroatoms. The molecule has 0 aromatic rings. The molecule has 0 aromatic carbocycles. The lowest BCUT2D eigenvalue weighted by atomic mass is 9.82. The van der Waals surface area contributed by atoms with Gasteiger partial charge < -0.3 is 0 Å². The molecule has 0 saturated heterocycles. The van der Waals surface area contributed by atoms with E-state index < -0.39 is 0 Å². The fraction of sp³-hybridized carbons (Fsp3) is 0.333. The average molecular weight is 198 g/mol. The summed E-state index contributed by atoms with van der Waals surface area (Å²) >= 11 is 0. The molecule has 0 saturated carbocycles. The molecule has 0 aromatic heterocycles. The zero-order valence-electron chi connectivity index (χ0n) is 9.96. The van der Waals surface area contributed by atoms with E-state index in [9.17, 15) is 0 Å². The summed E-state index contributed by atoms with van der Waals surface area (Å²) in [4.78, 5) is 0. The van der Waals surface area contributed by atoms with Crippen LogP contribution < -0.4 is 0 Å². The van der Waals surface area contributed by atoms with Gasteiger partial charge in [0.2, 0.25) is 0 Å². The highest BCUT2D eigenvalue weighted by molar-refractivity contribution is 5.72. The Labute approximate surface area is 92.3 Å². The van der Waals surface area contributed by atoms with Gasteiger partial charge in [-0.3, -0.25) is 0 Å². The van der Waals surface area contributed by atoms with Crippen molar-refractivity contribution in [1.29, 1.82) is 0 Å². The molecule has 78 valence electrons. The molecule has 0 radical (unpaired) electrons. The van der Waals surface area contributed by atoms with Crippen molar-refractivity contribution in [2.45, 2.75) is 33.1 Å². The number of fused-ring (bicyclic) bond motifs is 1. The van der Waals surface area contributed by atoms with Crippen molar-refractivity contribution in [3.8, 4) is 11.1 Å². The van der Waals surface area contributed by atoms with Gasteiger partial charge in [-0.25, -0.2) is 0 Å². The number of aryl methyl sites for hydroxylation is 1. The third-order valence-corrected chi connectivity index (χ3v) is 2.89. The van der Waals surface area contributed by atoms with E-state index >= 15 is 0 Å². The predicted molar refractivity (Wildman–Crippen MR) is 66.5 cm³/mol. The van der Waals surface area contributed by atoms with Crippen molar-refractivity contribution in [2.75, 3.05) is 0 Å². The molecule has 15 heavy (non-hydrogen) atoms. The van der Waals surface area contributed by atoms with E-state index in [1.165, 1.54) is 22.3 Å². The summed E-state index contributed by atoms with van der Waals surface area (Å²) in [5.41, 5.74) is 5.78. The molecular weight excluding hydrogens is 180 g/mol. The zero-order chi connectivity index (χ0) is 11.1. The van der Waals surface area contributed by atoms with Gasteiger partial charge in [0.15, 0.2) is 0 Å². The van der Waals surface area contributed by atoms with E-state index in [1.54, 1.807) is 0 Å². The van der Waals surface area contributed by atoms with E-state index in [4.69, 9.17) is 0 Å². The zero-order valence-corrected chi connectivity index (χ0v) is 9.96. The molecule has 0 fully saturated rings. The summed E-state index contributed by atoms with van der Waals surface area (Å²) in [7, 11) is 0. The number of hydrogen-bond donors (Lipinski definition) is 0. The Bertz CT molecular complexity index is 446. The highest BCUT2D eigenvalue weighted by Crippen LogP contribution is 2.36. The van der Waals surface area contributed by atoms with Crippen LogP contribution >= 0.6 is 0 Å². The quantitative estimate of drug-likeness (QED) is 0.588. The average Bonchev–Trinajstić information content (AvgIpc) is 2.45. The summed E-state index contributed by atoms with van der Waals surface area (Å²) in [6, 6.07) is 13.1. The normalized spacial score (nSPS) is 12.0. The second-order valence-electron chi connectivity index (χ2n) is 5.23. The van der Waals surface area contributed by atoms with Crippen molar-refractivity contribution in [2.24, 2.45) is 0 Å². The van der Waals surface area contributed by atoms with Crippen molar-refractivity contribution < 1.29 is 0 Å². The van der Waals surface area contributed by atoms with Crippen LogP contribution in [-0.2, 0) is 5.41 Å². The van der Waals surface area contributed by atoms with Crippen LogP contribution in [0, 0.1) is 6.92 Å². The monoisotopic (exact) mass is 198 g/mol. The minimum absolute atomic E-state index is 0.204. The first-order valence-corrected chi connectivity index (χ1v) is 5.49. The molecule has 0 nitrogen and oxygen atoms in total. The molecular formula is C15H18. The Kier molecular flexibility index (Phi) is 2.30. The third-order valence-electron chi connectivity index (χ3n) is 2.89. The summed E-state index contributed by atoms with van der Waals surface area (Å²) in [5, 5.41) is 0. The van der Waals surface area contributed by atoms with Crippen molar-refractivity contribution in [3.63, 3.8) is 0 Å². The van der Waals surface area contributed by atoms with E-state index in [-0.39, 0.29) is 5.41 Å². The molecule has 2 rings (SSSR count). The van der Waals surface area contributed by atoms with Crippen LogP contribution in [0.4, 0.5) is 0 Å². The minimum Gasteiger partial charge on any atom is -0.0614 e. The van der Waals surface area contributed by atoms with Crippen molar-refractivity contribution in [3.05, 3.63) is 47.5 Å². The fourth-order valence-corrected chi connectivity index (χ4v) is 2.39. The van der Waals surface area contributed by atoms with E-state index in [0.29, 0.717) is 0 Å². The first-order valence-electron chi connectivity index (χ1n) is 5.49. The largest absolute Gasteiger partial charge is 0.0614 e. The maximum Gasteiger partial charge on any atom is -0.0123 e. The van der Waals surface area contributed by atoms with Crippen molar-refractivity contribution in [1.82, 2.24) is 0 Å². The summed E-state index contributed by atoms with van der Waals surface area (Å²) < 4.78 is 0. The molecule has 0 heterocycles. The Morgan fingerprint density at radius 2 is 1.47 bits per heavy atom. The molecule has 0 N–H and O–H groups in total. The second-order valence-corrected chi connectivity index (χ2v) is 5.23. The van der Waals surface area contributed by atoms with Gasteiger partial charge in [0.25, 0.3) is 0 Å². The summed E-state index contributed by atoms with van der Waals surface area (Å²) in [6.45, 7) is 9.04. The highest BCUT2D eigenvalue weighted by Gasteiger charge is 2.20. The van der Waals surface area contributed by atoms with E-state index in [0.717, 1.165) is 0 Å². The molecule has 0 spiro atoms. The second kappa shape index (κ2) is 3.37. The molecule has 2 aliphatic carbocycles. The molecule has 0 amide bonds.